The van der Waals surface area contributed by atoms with Crippen molar-refractivity contribution in [3.8, 4) is 6.07 Å². The second-order valence-electron chi connectivity index (χ2n) is 3.62. The van der Waals surface area contributed by atoms with Crippen molar-refractivity contribution in [2.45, 2.75) is 25.7 Å². The number of hydrogen-bond donors (Lipinski definition) is 2. The Morgan fingerprint density at radius 2 is 2.50 bits per heavy atom. The molecule has 1 aliphatic rings. The number of rotatable bonds is 1. The Bertz CT molecular complexity index is 405. The van der Waals surface area contributed by atoms with Crippen molar-refractivity contribution in [3.05, 3.63) is 22.9 Å². The summed E-state index contributed by atoms with van der Waals surface area (Å²) in [5.41, 5.74) is 5.26. The Balaban J connectivity index is 2.56. The first-order valence-corrected chi connectivity index (χ1v) is 4.66. The molecule has 1 unspecified atom stereocenters. The van der Waals surface area contributed by atoms with E-state index in [1.807, 2.05) is 6.07 Å². The largest absolute Gasteiger partial charge is 0.307 e. The van der Waals surface area contributed by atoms with Gasteiger partial charge in [0.2, 0.25) is 0 Å². The third-order valence-electron chi connectivity index (χ3n) is 2.71. The van der Waals surface area contributed by atoms with Crippen LogP contribution < -0.4 is 11.3 Å². The molecule has 1 atom stereocenters. The van der Waals surface area contributed by atoms with Crippen molar-refractivity contribution < 1.29 is 0 Å². The average Bonchev–Trinajstić information content (AvgIpc) is 2.58. The molecule has 1 heterocycles. The van der Waals surface area contributed by atoms with E-state index in [1.54, 1.807) is 0 Å². The summed E-state index contributed by atoms with van der Waals surface area (Å²) in [6.45, 7) is 2.14. The summed E-state index contributed by atoms with van der Waals surface area (Å²) >= 11 is 0. The van der Waals surface area contributed by atoms with Crippen LogP contribution in [0.1, 0.15) is 36.1 Å². The van der Waals surface area contributed by atoms with Gasteiger partial charge in [0, 0.05) is 5.69 Å². The lowest BCUT2D eigenvalue weighted by Gasteiger charge is -2.07. The van der Waals surface area contributed by atoms with E-state index in [2.05, 4.69) is 23.4 Å². The molecule has 0 fully saturated rings. The fourth-order valence-corrected chi connectivity index (χ4v) is 1.90. The number of hydrogen-bond acceptors (Lipinski definition) is 4. The maximum atomic E-state index is 8.86. The molecule has 14 heavy (non-hydrogen) atoms. The molecule has 3 N–H and O–H groups in total. The predicted molar refractivity (Wildman–Crippen MR) is 53.5 cm³/mol. The summed E-state index contributed by atoms with van der Waals surface area (Å²) in [6, 6.07) is 3.98. The minimum atomic E-state index is 0.477. The number of anilines is 1. The molecule has 72 valence electrons. The highest BCUT2D eigenvalue weighted by molar-refractivity contribution is 5.54. The third-order valence-corrected chi connectivity index (χ3v) is 2.71. The number of nitriles is 1. The zero-order valence-corrected chi connectivity index (χ0v) is 8.04. The zero-order valence-electron chi connectivity index (χ0n) is 8.04. The third kappa shape index (κ3) is 1.22. The summed E-state index contributed by atoms with van der Waals surface area (Å²) < 4.78 is 0. The lowest BCUT2D eigenvalue weighted by Crippen LogP contribution is -2.11. The quantitative estimate of drug-likeness (QED) is 0.514. The first-order valence-electron chi connectivity index (χ1n) is 4.66. The molecule has 0 aromatic carbocycles. The molecule has 0 bridgehead atoms. The molecule has 0 spiro atoms. The van der Waals surface area contributed by atoms with E-state index in [0.29, 0.717) is 17.3 Å². The van der Waals surface area contributed by atoms with E-state index in [4.69, 9.17) is 11.1 Å². The highest BCUT2D eigenvalue weighted by Crippen LogP contribution is 2.33. The van der Waals surface area contributed by atoms with Crippen molar-refractivity contribution in [2.75, 3.05) is 5.43 Å². The van der Waals surface area contributed by atoms with Crippen LogP contribution in [0.3, 0.4) is 0 Å². The van der Waals surface area contributed by atoms with Crippen LogP contribution in [0.4, 0.5) is 5.82 Å². The normalized spacial score (nSPS) is 18.8. The number of aromatic nitrogens is 1. The molecule has 4 heteroatoms. The van der Waals surface area contributed by atoms with Gasteiger partial charge in [0.1, 0.15) is 6.07 Å². The van der Waals surface area contributed by atoms with Gasteiger partial charge in [0.15, 0.2) is 5.82 Å². The maximum Gasteiger partial charge on any atom is 0.158 e. The number of nitrogens with zero attached hydrogens (tertiary/aromatic N) is 2. The summed E-state index contributed by atoms with van der Waals surface area (Å²) in [5, 5.41) is 8.86. The summed E-state index contributed by atoms with van der Waals surface area (Å²) in [7, 11) is 0. The number of pyridine rings is 1. The molecule has 1 aliphatic carbocycles. The van der Waals surface area contributed by atoms with Crippen molar-refractivity contribution in [1.29, 1.82) is 5.26 Å². The highest BCUT2D eigenvalue weighted by Gasteiger charge is 2.22. The van der Waals surface area contributed by atoms with Crippen LogP contribution in [0, 0.1) is 11.3 Å². The van der Waals surface area contributed by atoms with Crippen LogP contribution in [0.25, 0.3) is 0 Å². The number of nitrogens with two attached hydrogens (primary N) is 1. The van der Waals surface area contributed by atoms with Gasteiger partial charge in [-0.2, -0.15) is 5.26 Å². The molecule has 1 aromatic heterocycles. The van der Waals surface area contributed by atoms with Gasteiger partial charge in [-0.15, -0.1) is 0 Å². The predicted octanol–water partition coefficient (Wildman–Crippen LogP) is 1.29. The highest BCUT2D eigenvalue weighted by atomic mass is 15.3. The van der Waals surface area contributed by atoms with Crippen LogP contribution in [-0.2, 0) is 6.42 Å². The molecule has 0 amide bonds. The van der Waals surface area contributed by atoms with Crippen molar-refractivity contribution in [3.63, 3.8) is 0 Å². The molecular formula is C10H12N4. The SMILES string of the molecule is CC1CCc2cc(C#N)c(NN)nc21. The molecule has 1 aromatic rings. The maximum absolute atomic E-state index is 8.86. The Hall–Kier alpha value is -1.60. The molecule has 0 aliphatic heterocycles. The van der Waals surface area contributed by atoms with E-state index in [9.17, 15) is 0 Å². The standard InChI is InChI=1S/C10H12N4/c1-6-2-3-7-4-8(5-11)10(14-12)13-9(6)7/h4,6H,2-3,12H2,1H3,(H,13,14). The lowest BCUT2D eigenvalue weighted by molar-refractivity contribution is 0.731. The Labute approximate surface area is 82.7 Å². The molecule has 0 saturated carbocycles. The first kappa shape index (κ1) is 8.97. The van der Waals surface area contributed by atoms with E-state index >= 15 is 0 Å². The van der Waals surface area contributed by atoms with Gasteiger partial charge in [-0.1, -0.05) is 6.92 Å². The number of fused-ring (bicyclic) bond motifs is 1. The molecule has 0 saturated heterocycles. The number of nitrogens with one attached hydrogen (secondary N) is 1. The fraction of sp³-hybridized carbons (Fsp3) is 0.400. The van der Waals surface area contributed by atoms with Crippen LogP contribution in [0.15, 0.2) is 6.07 Å². The summed E-state index contributed by atoms with van der Waals surface area (Å²) in [6.07, 6.45) is 2.13. The molecule has 0 radical (unpaired) electrons. The van der Waals surface area contributed by atoms with Crippen LogP contribution in [0.2, 0.25) is 0 Å². The van der Waals surface area contributed by atoms with Gasteiger partial charge in [-0.3, -0.25) is 0 Å². The summed E-state index contributed by atoms with van der Waals surface area (Å²) in [5.74, 6) is 6.26. The smallest absolute Gasteiger partial charge is 0.158 e. The van der Waals surface area contributed by atoms with Crippen molar-refractivity contribution in [1.82, 2.24) is 4.98 Å². The topological polar surface area (TPSA) is 74.7 Å². The second kappa shape index (κ2) is 3.28. The minimum absolute atomic E-state index is 0.477. The van der Waals surface area contributed by atoms with Gasteiger partial charge in [0.05, 0.1) is 5.56 Å². The van der Waals surface area contributed by atoms with E-state index in [0.717, 1.165) is 18.5 Å². The van der Waals surface area contributed by atoms with Gasteiger partial charge < -0.3 is 5.43 Å². The van der Waals surface area contributed by atoms with Crippen molar-refractivity contribution >= 4 is 5.82 Å². The number of hydrazine groups is 1. The fourth-order valence-electron chi connectivity index (χ4n) is 1.90. The van der Waals surface area contributed by atoms with Gasteiger partial charge in [-0.05, 0) is 30.4 Å². The van der Waals surface area contributed by atoms with Crippen LogP contribution >= 0.6 is 0 Å². The van der Waals surface area contributed by atoms with Crippen LogP contribution in [-0.4, -0.2) is 4.98 Å². The number of aryl methyl sites for hydroxylation is 1. The minimum Gasteiger partial charge on any atom is -0.307 e. The van der Waals surface area contributed by atoms with E-state index < -0.39 is 0 Å². The van der Waals surface area contributed by atoms with E-state index in [-0.39, 0.29) is 0 Å². The number of nitrogen functional groups attached to an aromatic ring is 1. The van der Waals surface area contributed by atoms with Gasteiger partial charge >= 0.3 is 0 Å². The molecule has 2 rings (SSSR count). The lowest BCUT2D eigenvalue weighted by atomic mass is 10.1. The Kier molecular flexibility index (Phi) is 2.10. The monoisotopic (exact) mass is 188 g/mol. The van der Waals surface area contributed by atoms with Gasteiger partial charge in [-0.25, -0.2) is 10.8 Å². The van der Waals surface area contributed by atoms with Crippen molar-refractivity contribution in [2.24, 2.45) is 5.84 Å². The van der Waals surface area contributed by atoms with E-state index in [1.165, 1.54) is 5.56 Å². The zero-order chi connectivity index (χ0) is 10.1. The Morgan fingerprint density at radius 3 is 3.14 bits per heavy atom. The Morgan fingerprint density at radius 1 is 1.71 bits per heavy atom. The summed E-state index contributed by atoms with van der Waals surface area (Å²) in [4.78, 5) is 4.36. The first-order chi connectivity index (χ1) is 6.76. The second-order valence-corrected chi connectivity index (χ2v) is 3.62. The molecular weight excluding hydrogens is 176 g/mol. The molecule has 4 nitrogen and oxygen atoms in total. The average molecular weight is 188 g/mol. The van der Waals surface area contributed by atoms with Crippen LogP contribution in [0.5, 0.6) is 0 Å². The van der Waals surface area contributed by atoms with Gasteiger partial charge in [0.25, 0.3) is 0 Å².